The molecule has 0 radical (unpaired) electrons. The fraction of sp³-hybridized carbons (Fsp3) is 0.375. The van der Waals surface area contributed by atoms with Gasteiger partial charge in [0.1, 0.15) is 6.04 Å². The van der Waals surface area contributed by atoms with Crippen molar-refractivity contribution in [3.05, 3.63) is 11.8 Å². The molecule has 80 valence electrons. The van der Waals surface area contributed by atoms with Gasteiger partial charge in [-0.05, 0) is 6.92 Å². The van der Waals surface area contributed by atoms with Gasteiger partial charge in [0.2, 0.25) is 5.91 Å². The Morgan fingerprint density at radius 2 is 2.53 bits per heavy atom. The van der Waals surface area contributed by atoms with Crippen molar-refractivity contribution in [2.24, 2.45) is 0 Å². The molecule has 3 N–H and O–H groups in total. The molecule has 0 saturated carbocycles. The van der Waals surface area contributed by atoms with E-state index in [-0.39, 0.29) is 11.1 Å². The van der Waals surface area contributed by atoms with Crippen LogP contribution >= 0.6 is 11.8 Å². The third-order valence-corrected chi connectivity index (χ3v) is 2.83. The van der Waals surface area contributed by atoms with Crippen LogP contribution in [0.15, 0.2) is 6.07 Å². The number of aromatic amines is 1. The molecule has 0 spiro atoms. The Balaban J connectivity index is 1.95. The van der Waals surface area contributed by atoms with Crippen LogP contribution in [0, 0.1) is 6.92 Å². The minimum atomic E-state index is -0.459. The minimum absolute atomic E-state index is 0.159. The van der Waals surface area contributed by atoms with Crippen molar-refractivity contribution < 1.29 is 9.59 Å². The van der Waals surface area contributed by atoms with Crippen LogP contribution in [-0.4, -0.2) is 33.1 Å². The number of rotatable bonds is 2. The van der Waals surface area contributed by atoms with Crippen molar-refractivity contribution in [1.29, 1.82) is 0 Å². The Morgan fingerprint density at radius 3 is 3.07 bits per heavy atom. The second-order valence-electron chi connectivity index (χ2n) is 3.22. The number of aromatic nitrogens is 2. The van der Waals surface area contributed by atoms with Crippen LogP contribution in [0.3, 0.4) is 0 Å². The maximum atomic E-state index is 11.6. The first-order valence-corrected chi connectivity index (χ1v) is 5.40. The molecule has 2 heterocycles. The summed E-state index contributed by atoms with van der Waals surface area (Å²) >= 11 is 1.11. The number of amides is 2. The first-order chi connectivity index (χ1) is 7.15. The lowest BCUT2D eigenvalue weighted by molar-refractivity contribution is -0.117. The monoisotopic (exact) mass is 226 g/mol. The molecule has 7 heteroatoms. The van der Waals surface area contributed by atoms with Crippen molar-refractivity contribution in [3.63, 3.8) is 0 Å². The molecule has 15 heavy (non-hydrogen) atoms. The topological polar surface area (TPSA) is 86.9 Å². The molecule has 1 fully saturated rings. The molecule has 6 nitrogen and oxygen atoms in total. The van der Waals surface area contributed by atoms with Crippen LogP contribution in [0.4, 0.5) is 10.6 Å². The zero-order chi connectivity index (χ0) is 10.8. The highest BCUT2D eigenvalue weighted by Crippen LogP contribution is 2.14. The number of carbonyl (C=O) groups excluding carboxylic acids is 2. The van der Waals surface area contributed by atoms with Gasteiger partial charge in [-0.25, -0.2) is 0 Å². The number of aryl methyl sites for hydroxylation is 1. The predicted molar refractivity (Wildman–Crippen MR) is 56.7 cm³/mol. The third kappa shape index (κ3) is 2.30. The number of H-pyrrole nitrogens is 1. The average Bonchev–Trinajstić information content (AvgIpc) is 2.75. The van der Waals surface area contributed by atoms with Gasteiger partial charge < -0.3 is 10.6 Å². The van der Waals surface area contributed by atoms with Crippen LogP contribution in [0.25, 0.3) is 0 Å². The highest BCUT2D eigenvalue weighted by molar-refractivity contribution is 8.14. The van der Waals surface area contributed by atoms with Crippen molar-refractivity contribution in [3.8, 4) is 0 Å². The van der Waals surface area contributed by atoms with Gasteiger partial charge in [0.05, 0.1) is 0 Å². The second kappa shape index (κ2) is 3.93. The van der Waals surface area contributed by atoms with Crippen LogP contribution in [-0.2, 0) is 4.79 Å². The summed E-state index contributed by atoms with van der Waals surface area (Å²) < 4.78 is 0. The van der Waals surface area contributed by atoms with Crippen molar-refractivity contribution in [1.82, 2.24) is 15.5 Å². The van der Waals surface area contributed by atoms with Gasteiger partial charge in [-0.2, -0.15) is 5.10 Å². The lowest BCUT2D eigenvalue weighted by Gasteiger charge is -2.07. The van der Waals surface area contributed by atoms with Gasteiger partial charge in [-0.1, -0.05) is 11.8 Å². The Kier molecular flexibility index (Phi) is 2.63. The molecule has 2 amide bonds. The molecule has 1 aliphatic rings. The Hall–Kier alpha value is -1.50. The zero-order valence-electron chi connectivity index (χ0n) is 8.03. The summed E-state index contributed by atoms with van der Waals surface area (Å²) in [5.41, 5.74) is 0.870. The highest BCUT2D eigenvalue weighted by Gasteiger charge is 2.28. The Labute approximate surface area is 90.2 Å². The molecule has 1 aromatic rings. The summed E-state index contributed by atoms with van der Waals surface area (Å²) in [5, 5.41) is 11.6. The summed E-state index contributed by atoms with van der Waals surface area (Å²) in [6.07, 6.45) is 0. The van der Waals surface area contributed by atoms with Crippen molar-refractivity contribution >= 4 is 28.7 Å². The first kappa shape index (κ1) is 10.0. The fourth-order valence-electron chi connectivity index (χ4n) is 1.22. The normalized spacial score (nSPS) is 20.1. The van der Waals surface area contributed by atoms with Crippen LogP contribution in [0.1, 0.15) is 5.69 Å². The smallest absolute Gasteiger partial charge is 0.279 e. The molecule has 1 aliphatic heterocycles. The number of anilines is 1. The molecule has 0 aliphatic carbocycles. The summed E-state index contributed by atoms with van der Waals surface area (Å²) in [6, 6.07) is 1.27. The van der Waals surface area contributed by atoms with E-state index in [1.807, 2.05) is 6.92 Å². The first-order valence-electron chi connectivity index (χ1n) is 4.41. The van der Waals surface area contributed by atoms with Crippen molar-refractivity contribution in [2.75, 3.05) is 11.1 Å². The minimum Gasteiger partial charge on any atom is -0.334 e. The molecule has 0 aromatic carbocycles. The molecule has 0 bridgehead atoms. The Morgan fingerprint density at radius 1 is 1.73 bits per heavy atom. The number of thioether (sulfide) groups is 1. The van der Waals surface area contributed by atoms with E-state index in [1.54, 1.807) is 6.07 Å². The largest absolute Gasteiger partial charge is 0.334 e. The van der Waals surface area contributed by atoms with E-state index in [9.17, 15) is 9.59 Å². The number of nitrogens with one attached hydrogen (secondary N) is 3. The van der Waals surface area contributed by atoms with E-state index in [1.165, 1.54) is 0 Å². The molecule has 1 unspecified atom stereocenters. The SMILES string of the molecule is Cc1cc(NC(=O)C2CSC(=O)N2)n[nH]1. The van der Waals surface area contributed by atoms with Crippen LogP contribution in [0.2, 0.25) is 0 Å². The van der Waals surface area contributed by atoms with Gasteiger partial charge in [-0.3, -0.25) is 14.7 Å². The van der Waals surface area contributed by atoms with E-state index in [0.717, 1.165) is 17.5 Å². The quantitative estimate of drug-likeness (QED) is 0.684. The van der Waals surface area contributed by atoms with Gasteiger partial charge in [0.25, 0.3) is 5.24 Å². The molecular formula is C8H10N4O2S. The molecule has 2 rings (SSSR count). The fourth-order valence-corrected chi connectivity index (χ4v) is 2.00. The Bertz CT molecular complexity index is 403. The molecule has 1 atom stereocenters. The summed E-state index contributed by atoms with van der Waals surface area (Å²) in [5.74, 6) is 0.706. The molecule has 1 aromatic heterocycles. The standard InChI is InChI=1S/C8H10N4O2S/c1-4-2-6(12-11-4)10-7(13)5-3-15-8(14)9-5/h2,5H,3H2,1H3,(H,9,14)(H2,10,11,12,13). The third-order valence-electron chi connectivity index (χ3n) is 1.95. The summed E-state index contributed by atoms with van der Waals surface area (Å²) in [7, 11) is 0. The van der Waals surface area contributed by atoms with Crippen LogP contribution < -0.4 is 10.6 Å². The van der Waals surface area contributed by atoms with Gasteiger partial charge >= 0.3 is 0 Å². The molecule has 1 saturated heterocycles. The molecular weight excluding hydrogens is 216 g/mol. The van der Waals surface area contributed by atoms with E-state index < -0.39 is 6.04 Å². The highest BCUT2D eigenvalue weighted by atomic mass is 32.2. The van der Waals surface area contributed by atoms with Crippen LogP contribution in [0.5, 0.6) is 0 Å². The summed E-state index contributed by atoms with van der Waals surface area (Å²) in [6.45, 7) is 1.84. The van der Waals surface area contributed by atoms with E-state index >= 15 is 0 Å². The zero-order valence-corrected chi connectivity index (χ0v) is 8.85. The maximum absolute atomic E-state index is 11.6. The van der Waals surface area contributed by atoms with E-state index in [0.29, 0.717) is 11.6 Å². The number of hydrogen-bond donors (Lipinski definition) is 3. The lowest BCUT2D eigenvalue weighted by atomic mass is 10.3. The second-order valence-corrected chi connectivity index (χ2v) is 4.21. The van der Waals surface area contributed by atoms with E-state index in [4.69, 9.17) is 0 Å². The lowest BCUT2D eigenvalue weighted by Crippen LogP contribution is -2.38. The maximum Gasteiger partial charge on any atom is 0.279 e. The number of carbonyl (C=O) groups is 2. The predicted octanol–water partition coefficient (Wildman–Crippen LogP) is 0.482. The van der Waals surface area contributed by atoms with E-state index in [2.05, 4.69) is 20.8 Å². The van der Waals surface area contributed by atoms with Gasteiger partial charge in [0.15, 0.2) is 5.82 Å². The van der Waals surface area contributed by atoms with Gasteiger partial charge in [-0.15, -0.1) is 0 Å². The number of hydrogen-bond acceptors (Lipinski definition) is 4. The van der Waals surface area contributed by atoms with Crippen molar-refractivity contribution in [2.45, 2.75) is 13.0 Å². The summed E-state index contributed by atoms with van der Waals surface area (Å²) in [4.78, 5) is 22.4. The average molecular weight is 226 g/mol. The van der Waals surface area contributed by atoms with Gasteiger partial charge in [0, 0.05) is 17.5 Å². The number of nitrogens with zero attached hydrogens (tertiary/aromatic N) is 1.